The van der Waals surface area contributed by atoms with Crippen molar-refractivity contribution in [3.63, 3.8) is 0 Å². The standard InChI is InChI=1S/C10H15NO2/c1-11(7-8-12)9-5-3-4-6-10(9)13-2/h3-6,12H,7-8H2,1-2H3. The Balaban J connectivity index is 2.85. The van der Waals surface area contributed by atoms with Crippen LogP contribution in [0.1, 0.15) is 0 Å². The maximum Gasteiger partial charge on any atom is 0.142 e. The number of hydrogen-bond acceptors (Lipinski definition) is 3. The van der Waals surface area contributed by atoms with Crippen molar-refractivity contribution in [3.05, 3.63) is 24.3 Å². The first-order valence-corrected chi connectivity index (χ1v) is 4.24. The summed E-state index contributed by atoms with van der Waals surface area (Å²) < 4.78 is 5.19. The van der Waals surface area contributed by atoms with Crippen LogP contribution in [-0.2, 0) is 0 Å². The molecule has 0 aliphatic carbocycles. The van der Waals surface area contributed by atoms with Crippen molar-refractivity contribution in [2.45, 2.75) is 0 Å². The van der Waals surface area contributed by atoms with Crippen LogP contribution in [0.3, 0.4) is 0 Å². The van der Waals surface area contributed by atoms with Crippen molar-refractivity contribution in [1.29, 1.82) is 0 Å². The van der Waals surface area contributed by atoms with Gasteiger partial charge in [0.15, 0.2) is 0 Å². The van der Waals surface area contributed by atoms with Gasteiger partial charge >= 0.3 is 0 Å². The Morgan fingerprint density at radius 3 is 2.69 bits per heavy atom. The van der Waals surface area contributed by atoms with Gasteiger partial charge in [-0.1, -0.05) is 12.1 Å². The fourth-order valence-electron chi connectivity index (χ4n) is 1.22. The van der Waals surface area contributed by atoms with E-state index in [0.717, 1.165) is 11.4 Å². The molecule has 0 aromatic heterocycles. The van der Waals surface area contributed by atoms with Crippen LogP contribution in [-0.4, -0.2) is 32.4 Å². The molecule has 3 nitrogen and oxygen atoms in total. The molecule has 1 aromatic rings. The van der Waals surface area contributed by atoms with Crippen LogP contribution in [0.15, 0.2) is 24.3 Å². The smallest absolute Gasteiger partial charge is 0.142 e. The molecule has 1 rings (SSSR count). The third kappa shape index (κ3) is 2.36. The van der Waals surface area contributed by atoms with Crippen molar-refractivity contribution in [2.75, 3.05) is 32.2 Å². The van der Waals surface area contributed by atoms with Crippen LogP contribution in [0.5, 0.6) is 5.75 Å². The summed E-state index contributed by atoms with van der Waals surface area (Å²) in [6.45, 7) is 0.759. The molecule has 3 heteroatoms. The highest BCUT2D eigenvalue weighted by Gasteiger charge is 2.05. The highest BCUT2D eigenvalue weighted by atomic mass is 16.5. The lowest BCUT2D eigenvalue weighted by Gasteiger charge is -2.20. The number of anilines is 1. The summed E-state index contributed by atoms with van der Waals surface area (Å²) in [5, 5.41) is 8.78. The largest absolute Gasteiger partial charge is 0.495 e. The molecule has 0 radical (unpaired) electrons. The van der Waals surface area contributed by atoms with Gasteiger partial charge in [-0.25, -0.2) is 0 Å². The van der Waals surface area contributed by atoms with E-state index in [4.69, 9.17) is 9.84 Å². The molecular formula is C10H15NO2. The lowest BCUT2D eigenvalue weighted by molar-refractivity contribution is 0.303. The van der Waals surface area contributed by atoms with Gasteiger partial charge in [-0.2, -0.15) is 0 Å². The first kappa shape index (κ1) is 9.86. The number of nitrogens with zero attached hydrogens (tertiary/aromatic N) is 1. The van der Waals surface area contributed by atoms with E-state index in [-0.39, 0.29) is 6.61 Å². The quantitative estimate of drug-likeness (QED) is 0.755. The Morgan fingerprint density at radius 1 is 1.38 bits per heavy atom. The summed E-state index contributed by atoms with van der Waals surface area (Å²) in [5.41, 5.74) is 0.999. The molecule has 0 unspecified atom stereocenters. The van der Waals surface area contributed by atoms with E-state index in [9.17, 15) is 0 Å². The Hall–Kier alpha value is -1.22. The van der Waals surface area contributed by atoms with Gasteiger partial charge in [-0.05, 0) is 12.1 Å². The van der Waals surface area contributed by atoms with Gasteiger partial charge in [-0.15, -0.1) is 0 Å². The van der Waals surface area contributed by atoms with Crippen LogP contribution in [0.4, 0.5) is 5.69 Å². The highest BCUT2D eigenvalue weighted by molar-refractivity contribution is 5.57. The van der Waals surface area contributed by atoms with Crippen LogP contribution in [0, 0.1) is 0 Å². The van der Waals surface area contributed by atoms with Crippen molar-refractivity contribution < 1.29 is 9.84 Å². The normalized spacial score (nSPS) is 9.77. The fourth-order valence-corrected chi connectivity index (χ4v) is 1.22. The summed E-state index contributed by atoms with van der Waals surface area (Å²) in [6.07, 6.45) is 0. The minimum absolute atomic E-state index is 0.147. The lowest BCUT2D eigenvalue weighted by atomic mass is 10.2. The molecule has 0 fully saturated rings. The summed E-state index contributed by atoms with van der Waals surface area (Å²) in [4.78, 5) is 1.96. The predicted molar refractivity (Wildman–Crippen MR) is 53.3 cm³/mol. The Morgan fingerprint density at radius 2 is 2.08 bits per heavy atom. The molecule has 0 heterocycles. The zero-order valence-electron chi connectivity index (χ0n) is 8.03. The molecule has 0 saturated heterocycles. The number of para-hydroxylation sites is 2. The highest BCUT2D eigenvalue weighted by Crippen LogP contribution is 2.25. The van der Waals surface area contributed by atoms with E-state index in [0.29, 0.717) is 6.54 Å². The Kier molecular flexibility index (Phi) is 3.58. The molecule has 1 aromatic carbocycles. The topological polar surface area (TPSA) is 32.7 Å². The van der Waals surface area contributed by atoms with E-state index in [2.05, 4.69) is 0 Å². The minimum atomic E-state index is 0.147. The van der Waals surface area contributed by atoms with Crippen LogP contribution in [0.25, 0.3) is 0 Å². The van der Waals surface area contributed by atoms with Crippen molar-refractivity contribution in [3.8, 4) is 5.75 Å². The third-order valence-electron chi connectivity index (χ3n) is 1.93. The van der Waals surface area contributed by atoms with E-state index < -0.39 is 0 Å². The number of likely N-dealkylation sites (N-methyl/N-ethyl adjacent to an activating group) is 1. The van der Waals surface area contributed by atoms with Gasteiger partial charge in [0.05, 0.1) is 19.4 Å². The lowest BCUT2D eigenvalue weighted by Crippen LogP contribution is -2.21. The van der Waals surface area contributed by atoms with Crippen LogP contribution in [0.2, 0.25) is 0 Å². The zero-order valence-corrected chi connectivity index (χ0v) is 8.03. The maximum atomic E-state index is 8.78. The summed E-state index contributed by atoms with van der Waals surface area (Å²) in [6, 6.07) is 7.75. The molecular weight excluding hydrogens is 166 g/mol. The molecule has 0 saturated carbocycles. The Bertz CT molecular complexity index is 263. The molecule has 72 valence electrons. The van der Waals surface area contributed by atoms with Gasteiger partial charge in [0, 0.05) is 13.6 Å². The number of benzene rings is 1. The summed E-state index contributed by atoms with van der Waals surface area (Å²) in [5.74, 6) is 0.832. The van der Waals surface area contributed by atoms with Gasteiger partial charge in [0.1, 0.15) is 5.75 Å². The minimum Gasteiger partial charge on any atom is -0.495 e. The molecule has 0 spiro atoms. The monoisotopic (exact) mass is 181 g/mol. The fraction of sp³-hybridized carbons (Fsp3) is 0.400. The van der Waals surface area contributed by atoms with Gasteiger partial charge in [0.25, 0.3) is 0 Å². The molecule has 0 amide bonds. The number of hydrogen-bond donors (Lipinski definition) is 1. The van der Waals surface area contributed by atoms with E-state index in [1.807, 2.05) is 36.2 Å². The molecule has 0 aliphatic heterocycles. The second kappa shape index (κ2) is 4.72. The molecule has 0 atom stereocenters. The molecule has 0 bridgehead atoms. The first-order valence-electron chi connectivity index (χ1n) is 4.24. The summed E-state index contributed by atoms with van der Waals surface area (Å²) >= 11 is 0. The summed E-state index contributed by atoms with van der Waals surface area (Å²) in [7, 11) is 3.57. The zero-order chi connectivity index (χ0) is 9.68. The SMILES string of the molecule is COc1ccccc1N(C)CCO. The molecule has 0 aliphatic rings. The number of aliphatic hydroxyl groups excluding tert-OH is 1. The van der Waals surface area contributed by atoms with Crippen molar-refractivity contribution in [2.24, 2.45) is 0 Å². The average molecular weight is 181 g/mol. The van der Waals surface area contributed by atoms with Gasteiger partial charge < -0.3 is 14.7 Å². The van der Waals surface area contributed by atoms with Gasteiger partial charge in [-0.3, -0.25) is 0 Å². The average Bonchev–Trinajstić information content (AvgIpc) is 2.18. The number of rotatable bonds is 4. The number of ether oxygens (including phenoxy) is 1. The molecule has 13 heavy (non-hydrogen) atoms. The van der Waals surface area contributed by atoms with Crippen molar-refractivity contribution >= 4 is 5.69 Å². The predicted octanol–water partition coefficient (Wildman–Crippen LogP) is 1.12. The van der Waals surface area contributed by atoms with E-state index in [1.165, 1.54) is 0 Å². The van der Waals surface area contributed by atoms with Crippen molar-refractivity contribution in [1.82, 2.24) is 0 Å². The van der Waals surface area contributed by atoms with E-state index in [1.54, 1.807) is 7.11 Å². The second-order valence-electron chi connectivity index (χ2n) is 2.82. The number of aliphatic hydroxyl groups is 1. The first-order chi connectivity index (χ1) is 6.29. The van der Waals surface area contributed by atoms with E-state index >= 15 is 0 Å². The molecule has 1 N–H and O–H groups in total. The Labute approximate surface area is 78.6 Å². The van der Waals surface area contributed by atoms with Crippen LogP contribution >= 0.6 is 0 Å². The number of methoxy groups -OCH3 is 1. The second-order valence-corrected chi connectivity index (χ2v) is 2.82. The van der Waals surface area contributed by atoms with Gasteiger partial charge in [0.2, 0.25) is 0 Å². The van der Waals surface area contributed by atoms with Crippen LogP contribution < -0.4 is 9.64 Å². The maximum absolute atomic E-state index is 8.78. The third-order valence-corrected chi connectivity index (χ3v) is 1.93.